The first kappa shape index (κ1) is 20.6. The maximum atomic E-state index is 11.8. The molecule has 0 aliphatic carbocycles. The van der Waals surface area contributed by atoms with Gasteiger partial charge in [-0.1, -0.05) is 29.3 Å². The summed E-state index contributed by atoms with van der Waals surface area (Å²) >= 11 is 11.8. The number of rotatable bonds is 7. The maximum absolute atomic E-state index is 11.8. The van der Waals surface area contributed by atoms with Crippen molar-refractivity contribution in [3.8, 4) is 11.5 Å². The van der Waals surface area contributed by atoms with Gasteiger partial charge in [0, 0.05) is 11.1 Å². The predicted octanol–water partition coefficient (Wildman–Crippen LogP) is 4.21. The molecule has 1 amide bonds. The Labute approximate surface area is 166 Å². The molecule has 1 N–H and O–H groups in total. The zero-order chi connectivity index (χ0) is 19.8. The van der Waals surface area contributed by atoms with E-state index in [0.717, 1.165) is 0 Å². The molecule has 0 heterocycles. The Bertz CT molecular complexity index is 867. The van der Waals surface area contributed by atoms with Gasteiger partial charge in [0.1, 0.15) is 0 Å². The minimum Gasteiger partial charge on any atom is -0.493 e. The number of hydrogen-bond donors (Lipinski definition) is 1. The molecule has 0 fully saturated rings. The Balaban J connectivity index is 1.88. The molecule has 0 spiro atoms. The van der Waals surface area contributed by atoms with Gasteiger partial charge in [0.25, 0.3) is 5.91 Å². The summed E-state index contributed by atoms with van der Waals surface area (Å²) < 4.78 is 15.2. The third-order valence-electron chi connectivity index (χ3n) is 3.37. The van der Waals surface area contributed by atoms with E-state index >= 15 is 0 Å². The molecule has 0 aliphatic rings. The van der Waals surface area contributed by atoms with Crippen molar-refractivity contribution >= 4 is 46.8 Å². The number of ether oxygens (including phenoxy) is 3. The van der Waals surface area contributed by atoms with Crippen LogP contribution in [0.4, 0.5) is 5.69 Å². The molecule has 2 aromatic rings. The molecule has 0 saturated heterocycles. The Morgan fingerprint density at radius 2 is 1.78 bits per heavy atom. The van der Waals surface area contributed by atoms with Crippen LogP contribution in [0.3, 0.4) is 0 Å². The molecule has 0 aromatic heterocycles. The Hall–Kier alpha value is -2.70. The van der Waals surface area contributed by atoms with Gasteiger partial charge < -0.3 is 19.5 Å². The average molecular weight is 410 g/mol. The average Bonchev–Trinajstić information content (AvgIpc) is 2.66. The highest BCUT2D eigenvalue weighted by Crippen LogP contribution is 2.28. The van der Waals surface area contributed by atoms with E-state index in [-0.39, 0.29) is 5.02 Å². The van der Waals surface area contributed by atoms with Gasteiger partial charge >= 0.3 is 5.97 Å². The van der Waals surface area contributed by atoms with Crippen LogP contribution in [0, 0.1) is 0 Å². The summed E-state index contributed by atoms with van der Waals surface area (Å²) in [4.78, 5) is 23.6. The summed E-state index contributed by atoms with van der Waals surface area (Å²) in [6.45, 7) is -0.450. The van der Waals surface area contributed by atoms with Crippen LogP contribution in [0.25, 0.3) is 6.08 Å². The molecule has 2 aromatic carbocycles. The fourth-order valence-corrected chi connectivity index (χ4v) is 2.54. The van der Waals surface area contributed by atoms with Gasteiger partial charge in [0.2, 0.25) is 0 Å². The van der Waals surface area contributed by atoms with Crippen LogP contribution in [0.5, 0.6) is 11.5 Å². The van der Waals surface area contributed by atoms with Crippen LogP contribution in [0.15, 0.2) is 42.5 Å². The molecule has 6 nitrogen and oxygen atoms in total. The molecule has 0 atom stereocenters. The van der Waals surface area contributed by atoms with E-state index in [2.05, 4.69) is 5.32 Å². The van der Waals surface area contributed by atoms with Crippen LogP contribution in [0.1, 0.15) is 5.56 Å². The molecular formula is C19H17Cl2NO5. The van der Waals surface area contributed by atoms with Crippen LogP contribution < -0.4 is 14.8 Å². The van der Waals surface area contributed by atoms with E-state index < -0.39 is 18.5 Å². The van der Waals surface area contributed by atoms with Crippen LogP contribution >= 0.6 is 23.2 Å². The van der Waals surface area contributed by atoms with Gasteiger partial charge in [-0.2, -0.15) is 0 Å². The van der Waals surface area contributed by atoms with E-state index in [9.17, 15) is 9.59 Å². The van der Waals surface area contributed by atoms with Crippen LogP contribution in [-0.2, 0) is 14.3 Å². The summed E-state index contributed by atoms with van der Waals surface area (Å²) in [6.07, 6.45) is 2.75. The van der Waals surface area contributed by atoms with Crippen molar-refractivity contribution in [3.05, 3.63) is 58.1 Å². The second kappa shape index (κ2) is 9.85. The Morgan fingerprint density at radius 3 is 2.44 bits per heavy atom. The lowest BCUT2D eigenvalue weighted by Crippen LogP contribution is -2.20. The number of anilines is 1. The van der Waals surface area contributed by atoms with Gasteiger partial charge in [-0.25, -0.2) is 4.79 Å². The van der Waals surface area contributed by atoms with Crippen molar-refractivity contribution in [2.45, 2.75) is 0 Å². The summed E-state index contributed by atoms with van der Waals surface area (Å²) in [5.41, 5.74) is 1.09. The molecular weight excluding hydrogens is 393 g/mol. The topological polar surface area (TPSA) is 73.9 Å². The van der Waals surface area contributed by atoms with Gasteiger partial charge in [-0.3, -0.25) is 4.79 Å². The third kappa shape index (κ3) is 6.20. The minimum absolute atomic E-state index is 0.288. The van der Waals surface area contributed by atoms with Crippen molar-refractivity contribution in [2.24, 2.45) is 0 Å². The number of benzene rings is 2. The minimum atomic E-state index is -0.665. The normalized spacial score (nSPS) is 10.5. The maximum Gasteiger partial charge on any atom is 0.331 e. The van der Waals surface area contributed by atoms with E-state index in [1.807, 2.05) is 0 Å². The van der Waals surface area contributed by atoms with E-state index in [1.54, 1.807) is 30.3 Å². The number of methoxy groups -OCH3 is 2. The molecule has 142 valence electrons. The quantitative estimate of drug-likeness (QED) is 0.547. The molecule has 0 saturated carbocycles. The molecule has 0 aliphatic heterocycles. The highest BCUT2D eigenvalue weighted by Gasteiger charge is 2.09. The van der Waals surface area contributed by atoms with E-state index in [4.69, 9.17) is 37.4 Å². The Morgan fingerprint density at radius 1 is 1.04 bits per heavy atom. The molecule has 0 radical (unpaired) electrons. The summed E-state index contributed by atoms with van der Waals surface area (Å²) in [7, 11) is 3.05. The lowest BCUT2D eigenvalue weighted by atomic mass is 10.2. The van der Waals surface area contributed by atoms with Crippen molar-refractivity contribution in [2.75, 3.05) is 26.1 Å². The number of amides is 1. The highest BCUT2D eigenvalue weighted by atomic mass is 35.5. The van der Waals surface area contributed by atoms with E-state index in [0.29, 0.717) is 27.8 Å². The second-order valence-corrected chi connectivity index (χ2v) is 6.07. The van der Waals surface area contributed by atoms with Crippen LogP contribution in [-0.4, -0.2) is 32.7 Å². The number of carbonyl (C=O) groups excluding carboxylic acids is 2. The van der Waals surface area contributed by atoms with Gasteiger partial charge in [0.05, 0.1) is 24.9 Å². The first-order chi connectivity index (χ1) is 12.9. The second-order valence-electron chi connectivity index (χ2n) is 5.23. The van der Waals surface area contributed by atoms with Crippen molar-refractivity contribution < 1.29 is 23.8 Å². The van der Waals surface area contributed by atoms with E-state index in [1.165, 1.54) is 32.4 Å². The number of halogens is 2. The standard InChI is InChI=1S/C19H17Cl2NO5/c1-25-16-7-3-12(9-17(16)26-2)4-8-19(24)27-11-18(23)22-15-6-5-13(20)10-14(15)21/h3-10H,11H2,1-2H3,(H,22,23)/b8-4+. The summed E-state index contributed by atoms with van der Waals surface area (Å²) in [5, 5.41) is 3.27. The van der Waals surface area contributed by atoms with Crippen molar-refractivity contribution in [1.29, 1.82) is 0 Å². The van der Waals surface area contributed by atoms with Gasteiger partial charge in [0.15, 0.2) is 18.1 Å². The predicted molar refractivity (Wildman–Crippen MR) is 105 cm³/mol. The first-order valence-corrected chi connectivity index (χ1v) is 8.50. The first-order valence-electron chi connectivity index (χ1n) is 7.74. The fourth-order valence-electron chi connectivity index (χ4n) is 2.08. The SMILES string of the molecule is COc1ccc(/C=C/C(=O)OCC(=O)Nc2ccc(Cl)cc2Cl)cc1OC. The Kier molecular flexibility index (Phi) is 7.52. The number of carbonyl (C=O) groups is 2. The van der Waals surface area contributed by atoms with Gasteiger partial charge in [-0.05, 0) is 42.0 Å². The van der Waals surface area contributed by atoms with Gasteiger partial charge in [-0.15, -0.1) is 0 Å². The van der Waals surface area contributed by atoms with Crippen LogP contribution in [0.2, 0.25) is 10.0 Å². The molecule has 2 rings (SSSR count). The third-order valence-corrected chi connectivity index (χ3v) is 3.92. The largest absolute Gasteiger partial charge is 0.493 e. The molecule has 0 unspecified atom stereocenters. The lowest BCUT2D eigenvalue weighted by molar-refractivity contribution is -0.142. The van der Waals surface area contributed by atoms with Crippen molar-refractivity contribution in [3.63, 3.8) is 0 Å². The zero-order valence-electron chi connectivity index (χ0n) is 14.6. The number of esters is 1. The molecule has 8 heteroatoms. The number of hydrogen-bond acceptors (Lipinski definition) is 5. The molecule has 27 heavy (non-hydrogen) atoms. The number of nitrogens with one attached hydrogen (secondary N) is 1. The lowest BCUT2D eigenvalue weighted by Gasteiger charge is -2.08. The highest BCUT2D eigenvalue weighted by molar-refractivity contribution is 6.36. The molecule has 0 bridgehead atoms. The zero-order valence-corrected chi connectivity index (χ0v) is 16.1. The summed E-state index contributed by atoms with van der Waals surface area (Å²) in [5.74, 6) is -0.0729. The summed E-state index contributed by atoms with van der Waals surface area (Å²) in [6, 6.07) is 9.81. The smallest absolute Gasteiger partial charge is 0.331 e. The monoisotopic (exact) mass is 409 g/mol. The fraction of sp³-hybridized carbons (Fsp3) is 0.158. The van der Waals surface area contributed by atoms with Crippen molar-refractivity contribution in [1.82, 2.24) is 0 Å².